The van der Waals surface area contributed by atoms with Crippen LogP contribution in [0.25, 0.3) is 0 Å². The molecule has 0 saturated heterocycles. The van der Waals surface area contributed by atoms with Crippen LogP contribution in [-0.2, 0) is 4.74 Å². The second-order valence-corrected chi connectivity index (χ2v) is 12.6. The SMILES string of the molecule is C=CCCC[C@@H](O)[C@@H](C)[C@H]1CC[C@H]2[C@@H]3C[C@@H](OC)[C@]45C[C@H]4CC[C@]5(C)[C@H]3CC[C@]12C. The average Bonchev–Trinajstić information content (AvgIpc) is 3.24. The van der Waals surface area contributed by atoms with E-state index < -0.39 is 0 Å². The van der Waals surface area contributed by atoms with Gasteiger partial charge >= 0.3 is 0 Å². The van der Waals surface area contributed by atoms with Gasteiger partial charge in [-0.25, -0.2) is 0 Å². The van der Waals surface area contributed by atoms with Crippen molar-refractivity contribution in [1.82, 2.24) is 0 Å². The van der Waals surface area contributed by atoms with Crippen LogP contribution in [-0.4, -0.2) is 24.4 Å². The molecule has 2 nitrogen and oxygen atoms in total. The fraction of sp³-hybridized carbons (Fsp3) is 0.929. The van der Waals surface area contributed by atoms with Gasteiger partial charge in [0.1, 0.15) is 0 Å². The highest BCUT2D eigenvalue weighted by atomic mass is 16.5. The summed E-state index contributed by atoms with van der Waals surface area (Å²) >= 11 is 0. The molecule has 0 aliphatic heterocycles. The fourth-order valence-corrected chi connectivity index (χ4v) is 10.5. The van der Waals surface area contributed by atoms with E-state index in [1.165, 1.54) is 51.4 Å². The fourth-order valence-electron chi connectivity index (χ4n) is 10.5. The van der Waals surface area contributed by atoms with Crippen LogP contribution in [0, 0.1) is 51.8 Å². The van der Waals surface area contributed by atoms with Gasteiger partial charge in [0.05, 0.1) is 12.2 Å². The van der Waals surface area contributed by atoms with Crippen LogP contribution in [0.15, 0.2) is 12.7 Å². The third kappa shape index (κ3) is 2.68. The maximum Gasteiger partial charge on any atom is 0.0638 e. The van der Waals surface area contributed by atoms with Crippen molar-refractivity contribution in [3.8, 4) is 0 Å². The first kappa shape index (κ1) is 21.5. The van der Waals surface area contributed by atoms with Gasteiger partial charge in [-0.05, 0) is 117 Å². The van der Waals surface area contributed by atoms with Crippen molar-refractivity contribution in [2.24, 2.45) is 51.8 Å². The summed E-state index contributed by atoms with van der Waals surface area (Å²) in [5, 5.41) is 11.0. The molecule has 0 aromatic heterocycles. The van der Waals surface area contributed by atoms with Crippen molar-refractivity contribution in [3.05, 3.63) is 12.7 Å². The Labute approximate surface area is 185 Å². The molecule has 1 N–H and O–H groups in total. The quantitative estimate of drug-likeness (QED) is 0.374. The van der Waals surface area contributed by atoms with Crippen LogP contribution in [0.5, 0.6) is 0 Å². The Bertz CT molecular complexity index is 674. The highest BCUT2D eigenvalue weighted by Crippen LogP contribution is 2.82. The summed E-state index contributed by atoms with van der Waals surface area (Å²) in [6.45, 7) is 11.5. The molecule has 0 aromatic carbocycles. The molecule has 5 saturated carbocycles. The van der Waals surface area contributed by atoms with Gasteiger partial charge in [0, 0.05) is 12.5 Å². The first-order valence-corrected chi connectivity index (χ1v) is 13.1. The van der Waals surface area contributed by atoms with Crippen molar-refractivity contribution < 1.29 is 9.84 Å². The monoisotopic (exact) mass is 414 g/mol. The summed E-state index contributed by atoms with van der Waals surface area (Å²) in [6, 6.07) is 0. The summed E-state index contributed by atoms with van der Waals surface area (Å²) < 4.78 is 6.26. The van der Waals surface area contributed by atoms with E-state index in [1.807, 2.05) is 13.2 Å². The second-order valence-electron chi connectivity index (χ2n) is 12.6. The van der Waals surface area contributed by atoms with Crippen LogP contribution in [0.2, 0.25) is 0 Å². The summed E-state index contributed by atoms with van der Waals surface area (Å²) in [5.41, 5.74) is 1.47. The molecule has 5 rings (SSSR count). The molecule has 30 heavy (non-hydrogen) atoms. The van der Waals surface area contributed by atoms with Gasteiger partial charge in [0.15, 0.2) is 0 Å². The van der Waals surface area contributed by atoms with E-state index in [1.54, 1.807) is 0 Å². The zero-order valence-corrected chi connectivity index (χ0v) is 20.0. The lowest BCUT2D eigenvalue weighted by molar-refractivity contribution is -0.162. The normalized spacial score (nSPS) is 53.2. The van der Waals surface area contributed by atoms with E-state index in [9.17, 15) is 5.11 Å². The summed E-state index contributed by atoms with van der Waals surface area (Å²) in [7, 11) is 2.00. The molecule has 2 heteroatoms. The van der Waals surface area contributed by atoms with Gasteiger partial charge < -0.3 is 9.84 Å². The third-order valence-corrected chi connectivity index (χ3v) is 12.1. The minimum Gasteiger partial charge on any atom is -0.393 e. The van der Waals surface area contributed by atoms with Gasteiger partial charge in [-0.15, -0.1) is 6.58 Å². The molecule has 5 aliphatic rings. The smallest absolute Gasteiger partial charge is 0.0638 e. The molecule has 0 radical (unpaired) electrons. The minimum absolute atomic E-state index is 0.149. The van der Waals surface area contributed by atoms with Gasteiger partial charge in [-0.3, -0.25) is 0 Å². The standard InChI is InChI=1S/C28H46O2/c1-6-7-8-9-24(29)18(2)21-10-11-22-20-16-25(30-5)28-17-19(28)12-15-27(28,4)23(20)13-14-26(21,22)3/h6,18-25,29H,1,7-17H2,2-5H3/t18-,19+,20-,21+,22-,23-,24+,25+,26+,27+,28-/m0/s1. The number of rotatable bonds is 7. The molecule has 0 unspecified atom stereocenters. The molecule has 0 bridgehead atoms. The number of hydrogen-bond acceptors (Lipinski definition) is 2. The molecule has 170 valence electrons. The van der Waals surface area contributed by atoms with Crippen molar-refractivity contribution in [2.45, 2.75) is 104 Å². The second kappa shape index (κ2) is 7.34. The van der Waals surface area contributed by atoms with Gasteiger partial charge in [0.2, 0.25) is 0 Å². The first-order chi connectivity index (χ1) is 14.3. The average molecular weight is 415 g/mol. The van der Waals surface area contributed by atoms with Gasteiger partial charge in [0.25, 0.3) is 0 Å². The Kier molecular flexibility index (Phi) is 5.26. The van der Waals surface area contributed by atoms with E-state index in [-0.39, 0.29) is 6.10 Å². The lowest BCUT2D eigenvalue weighted by atomic mass is 9.45. The molecule has 0 aromatic rings. The minimum atomic E-state index is -0.149. The number of aliphatic hydroxyl groups is 1. The van der Waals surface area contributed by atoms with Crippen LogP contribution in [0.4, 0.5) is 0 Å². The summed E-state index contributed by atoms with van der Waals surface area (Å²) in [4.78, 5) is 0. The molecule has 5 fully saturated rings. The first-order valence-electron chi connectivity index (χ1n) is 13.1. The summed E-state index contributed by atoms with van der Waals surface area (Å²) in [6.07, 6.45) is 16.6. The van der Waals surface area contributed by atoms with Crippen molar-refractivity contribution in [2.75, 3.05) is 7.11 Å². The number of hydrogen-bond donors (Lipinski definition) is 1. The highest BCUT2D eigenvalue weighted by Gasteiger charge is 2.77. The number of allylic oxidation sites excluding steroid dienone is 1. The Morgan fingerprint density at radius 2 is 1.93 bits per heavy atom. The van der Waals surface area contributed by atoms with Crippen molar-refractivity contribution in [3.63, 3.8) is 0 Å². The number of fused-ring (bicyclic) bond motifs is 4. The molecule has 0 heterocycles. The number of methoxy groups -OCH3 is 1. The van der Waals surface area contributed by atoms with Crippen LogP contribution in [0.3, 0.4) is 0 Å². The predicted molar refractivity (Wildman–Crippen MR) is 123 cm³/mol. The zero-order valence-electron chi connectivity index (χ0n) is 20.0. The van der Waals surface area contributed by atoms with E-state index in [4.69, 9.17) is 4.74 Å². The van der Waals surface area contributed by atoms with E-state index in [0.29, 0.717) is 34.2 Å². The predicted octanol–water partition coefficient (Wildman–Crippen LogP) is 6.62. The molecule has 11 atom stereocenters. The van der Waals surface area contributed by atoms with Crippen molar-refractivity contribution >= 4 is 0 Å². The van der Waals surface area contributed by atoms with E-state index >= 15 is 0 Å². The molecular weight excluding hydrogens is 368 g/mol. The topological polar surface area (TPSA) is 29.5 Å². The van der Waals surface area contributed by atoms with Gasteiger partial charge in [-0.1, -0.05) is 26.8 Å². The van der Waals surface area contributed by atoms with E-state index in [2.05, 4.69) is 27.4 Å². The van der Waals surface area contributed by atoms with Crippen LogP contribution < -0.4 is 0 Å². The van der Waals surface area contributed by atoms with Crippen LogP contribution in [0.1, 0.15) is 91.4 Å². The highest BCUT2D eigenvalue weighted by molar-refractivity contribution is 5.26. The number of aliphatic hydroxyl groups excluding tert-OH is 1. The zero-order chi connectivity index (χ0) is 21.3. The lowest BCUT2D eigenvalue weighted by Gasteiger charge is -2.61. The molecular formula is C28H46O2. The molecule has 5 aliphatic carbocycles. The lowest BCUT2D eigenvalue weighted by Crippen LogP contribution is -2.57. The van der Waals surface area contributed by atoms with Crippen molar-refractivity contribution in [1.29, 1.82) is 0 Å². The maximum absolute atomic E-state index is 11.0. The number of ether oxygens (including phenoxy) is 1. The Morgan fingerprint density at radius 3 is 2.63 bits per heavy atom. The summed E-state index contributed by atoms with van der Waals surface area (Å²) in [5.74, 6) is 4.67. The Balaban J connectivity index is 1.36. The van der Waals surface area contributed by atoms with Gasteiger partial charge in [-0.2, -0.15) is 0 Å². The van der Waals surface area contributed by atoms with E-state index in [0.717, 1.165) is 42.9 Å². The molecule has 1 spiro atoms. The third-order valence-electron chi connectivity index (χ3n) is 12.1. The maximum atomic E-state index is 11.0. The Morgan fingerprint density at radius 1 is 1.13 bits per heavy atom. The molecule has 0 amide bonds. The Hall–Kier alpha value is -0.340. The van der Waals surface area contributed by atoms with Crippen LogP contribution >= 0.6 is 0 Å². The largest absolute Gasteiger partial charge is 0.393 e. The number of unbranched alkanes of at least 4 members (excludes halogenated alkanes) is 1.